The van der Waals surface area contributed by atoms with Gasteiger partial charge in [0, 0.05) is 0 Å². The van der Waals surface area contributed by atoms with Crippen LogP contribution in [0.1, 0.15) is 7.60 Å². The van der Waals surface area contributed by atoms with Crippen molar-refractivity contribution in [2.75, 3.05) is 12.3 Å². The number of aliphatic hydroxyl groups excluding tert-OH is 2. The minimum Gasteiger partial charge on any atom is -0.394 e. The summed E-state index contributed by atoms with van der Waals surface area (Å²) in [5.41, 5.74) is 6.04. The van der Waals surface area contributed by atoms with Crippen molar-refractivity contribution in [2.24, 2.45) is 0 Å². The Kier molecular flexibility index (Phi) is 3.73. The molecule has 6 N–H and O–H groups in total. The number of nitrogen functional groups attached to an aromatic ring is 1. The van der Waals surface area contributed by atoms with Gasteiger partial charge in [-0.05, 0) is 0 Å². The molecule has 1 unspecified atom stereocenters. The Morgan fingerprint density at radius 1 is 1.48 bits per heavy atom. The van der Waals surface area contributed by atoms with E-state index in [2.05, 4.69) is 19.5 Å². The number of phosphoric acid groups is 1. The van der Waals surface area contributed by atoms with E-state index in [0.29, 0.717) is 0 Å². The summed E-state index contributed by atoms with van der Waals surface area (Å²) in [6, 6.07) is 0. The van der Waals surface area contributed by atoms with Crippen molar-refractivity contribution in [3.63, 3.8) is 0 Å². The number of aromatic nitrogens is 4. The lowest BCUT2D eigenvalue weighted by atomic mass is 10.1. The van der Waals surface area contributed by atoms with Gasteiger partial charge in [0.05, 0.1) is 14.3 Å². The van der Waals surface area contributed by atoms with E-state index in [-0.39, 0.29) is 17.0 Å². The SMILES string of the molecule is [2H]C(O)[C@H]1O[C@@H](n2cnc3c(N)ncnc32)[C@H](OP(=O)(O)O)[C@@H]1O. The van der Waals surface area contributed by atoms with Gasteiger partial charge in [-0.15, -0.1) is 0 Å². The summed E-state index contributed by atoms with van der Waals surface area (Å²) < 4.78 is 29.6. The summed E-state index contributed by atoms with van der Waals surface area (Å²) in [6.07, 6.45) is -3.66. The highest BCUT2D eigenvalue weighted by Crippen LogP contribution is 2.45. The highest BCUT2D eigenvalue weighted by molar-refractivity contribution is 7.46. The van der Waals surface area contributed by atoms with Crippen LogP contribution >= 0.6 is 7.82 Å². The molecule has 0 aliphatic carbocycles. The Hall–Kier alpha value is -1.66. The van der Waals surface area contributed by atoms with E-state index in [1.165, 1.54) is 10.9 Å². The second kappa shape index (κ2) is 5.76. The number of fused-ring (bicyclic) bond motifs is 1. The average molecular weight is 348 g/mol. The lowest BCUT2D eigenvalue weighted by Gasteiger charge is -2.21. The normalized spacial score (nSPS) is 30.5. The molecular formula is C10H14N5O7P. The number of nitrogens with two attached hydrogens (primary N) is 1. The number of rotatable bonds is 4. The Balaban J connectivity index is 2.05. The maximum absolute atomic E-state index is 11.2. The average Bonchev–Trinajstić information content (AvgIpc) is 3.01. The standard InChI is InChI=1S/C10H14N5O7P/c11-8-5-9(13-2-12-8)15(3-14-5)10-7(22-23(18,19)20)6(17)4(1-16)21-10/h2-4,6-7,10,16-17H,1H2,(H2,11,12,13)(H2,18,19,20)/t4-,6-,7-,10-/m1/s1/i1D/t1?,4-,6-,7-,10-. The molecule has 2 aromatic heterocycles. The van der Waals surface area contributed by atoms with Crippen LogP contribution in [0.2, 0.25) is 0 Å². The number of anilines is 1. The molecule has 0 bridgehead atoms. The first-order valence-electron chi connectivity index (χ1n) is 6.87. The van der Waals surface area contributed by atoms with Gasteiger partial charge in [-0.2, -0.15) is 0 Å². The van der Waals surface area contributed by atoms with Gasteiger partial charge in [0.25, 0.3) is 0 Å². The summed E-state index contributed by atoms with van der Waals surface area (Å²) >= 11 is 0. The lowest BCUT2D eigenvalue weighted by molar-refractivity contribution is -0.0505. The van der Waals surface area contributed by atoms with Crippen molar-refractivity contribution in [3.8, 4) is 0 Å². The van der Waals surface area contributed by atoms with Crippen LogP contribution in [0.25, 0.3) is 11.2 Å². The van der Waals surface area contributed by atoms with Crippen molar-refractivity contribution in [3.05, 3.63) is 12.7 Å². The van der Waals surface area contributed by atoms with E-state index in [1.54, 1.807) is 0 Å². The molecule has 126 valence electrons. The Labute approximate surface area is 130 Å². The van der Waals surface area contributed by atoms with Crippen molar-refractivity contribution >= 4 is 24.8 Å². The zero-order valence-electron chi connectivity index (χ0n) is 12.4. The number of imidazole rings is 1. The second-order valence-electron chi connectivity index (χ2n) is 4.77. The van der Waals surface area contributed by atoms with Crippen molar-refractivity contribution in [1.82, 2.24) is 19.5 Å². The molecule has 2 aromatic rings. The fraction of sp³-hybridized carbons (Fsp3) is 0.500. The van der Waals surface area contributed by atoms with Crippen LogP contribution in [0.5, 0.6) is 0 Å². The molecule has 1 aliphatic rings. The van der Waals surface area contributed by atoms with E-state index in [1.807, 2.05) is 0 Å². The number of aliphatic hydroxyl groups is 2. The minimum atomic E-state index is -4.99. The maximum Gasteiger partial charge on any atom is 0.470 e. The zero-order valence-corrected chi connectivity index (χ0v) is 12.3. The molecule has 13 heteroatoms. The predicted molar refractivity (Wildman–Crippen MR) is 73.7 cm³/mol. The monoisotopic (exact) mass is 348 g/mol. The summed E-state index contributed by atoms with van der Waals surface area (Å²) in [5, 5.41) is 19.5. The van der Waals surface area contributed by atoms with Crippen LogP contribution in [0.4, 0.5) is 5.82 Å². The van der Waals surface area contributed by atoms with Gasteiger partial charge < -0.3 is 30.5 Å². The van der Waals surface area contributed by atoms with Gasteiger partial charge in [0.2, 0.25) is 0 Å². The van der Waals surface area contributed by atoms with Crippen LogP contribution in [0, 0.1) is 0 Å². The largest absolute Gasteiger partial charge is 0.470 e. The quantitative estimate of drug-likeness (QED) is 0.390. The highest BCUT2D eigenvalue weighted by Gasteiger charge is 2.48. The Morgan fingerprint density at radius 3 is 2.87 bits per heavy atom. The third kappa shape index (κ3) is 2.93. The fourth-order valence-electron chi connectivity index (χ4n) is 2.35. The molecule has 0 spiro atoms. The van der Waals surface area contributed by atoms with Crippen LogP contribution in [0.15, 0.2) is 12.7 Å². The smallest absolute Gasteiger partial charge is 0.394 e. The topological polar surface area (TPSA) is 186 Å². The summed E-state index contributed by atoms with van der Waals surface area (Å²) in [4.78, 5) is 29.8. The number of phosphoric ester groups is 1. The number of nitrogens with zero attached hydrogens (tertiary/aromatic N) is 4. The third-order valence-electron chi connectivity index (χ3n) is 3.32. The van der Waals surface area contributed by atoms with Gasteiger partial charge in [0.1, 0.15) is 30.2 Å². The molecule has 23 heavy (non-hydrogen) atoms. The first-order valence-corrected chi connectivity index (χ1v) is 7.83. The van der Waals surface area contributed by atoms with Crippen LogP contribution in [0.3, 0.4) is 0 Å². The number of hydrogen-bond acceptors (Lipinski definition) is 9. The predicted octanol–water partition coefficient (Wildman–Crippen LogP) is -1.86. The number of hydrogen-bond donors (Lipinski definition) is 5. The molecule has 3 heterocycles. The van der Waals surface area contributed by atoms with E-state index < -0.39 is 38.9 Å². The zero-order chi connectivity index (χ0) is 17.6. The molecule has 0 radical (unpaired) electrons. The van der Waals surface area contributed by atoms with Crippen LogP contribution in [-0.4, -0.2) is 64.4 Å². The van der Waals surface area contributed by atoms with Gasteiger partial charge >= 0.3 is 7.82 Å². The molecule has 1 fully saturated rings. The highest BCUT2D eigenvalue weighted by atomic mass is 31.2. The third-order valence-corrected chi connectivity index (χ3v) is 3.84. The molecule has 0 aromatic carbocycles. The van der Waals surface area contributed by atoms with E-state index in [4.69, 9.17) is 21.6 Å². The lowest BCUT2D eigenvalue weighted by Crippen LogP contribution is -2.34. The van der Waals surface area contributed by atoms with Crippen molar-refractivity contribution in [2.45, 2.75) is 24.5 Å². The first-order chi connectivity index (χ1) is 11.2. The summed E-state index contributed by atoms with van der Waals surface area (Å²) in [5.74, 6) is 0.0711. The molecule has 1 saturated heterocycles. The fourth-order valence-corrected chi connectivity index (χ4v) is 2.90. The van der Waals surface area contributed by atoms with E-state index in [9.17, 15) is 14.8 Å². The van der Waals surface area contributed by atoms with Gasteiger partial charge in [-0.1, -0.05) is 0 Å². The maximum atomic E-state index is 11.2. The Morgan fingerprint density at radius 2 is 2.22 bits per heavy atom. The molecule has 0 saturated carbocycles. The van der Waals surface area contributed by atoms with Gasteiger partial charge in [0.15, 0.2) is 17.7 Å². The molecule has 0 amide bonds. The van der Waals surface area contributed by atoms with Crippen LogP contribution < -0.4 is 5.73 Å². The second-order valence-corrected chi connectivity index (χ2v) is 5.97. The van der Waals surface area contributed by atoms with Crippen molar-refractivity contribution in [1.29, 1.82) is 0 Å². The minimum absolute atomic E-state index is 0.0711. The van der Waals surface area contributed by atoms with Gasteiger partial charge in [-0.25, -0.2) is 19.5 Å². The summed E-state index contributed by atoms with van der Waals surface area (Å²) in [7, 11) is -4.99. The van der Waals surface area contributed by atoms with Crippen LogP contribution in [-0.2, 0) is 13.8 Å². The molecule has 5 atom stereocenters. The summed E-state index contributed by atoms with van der Waals surface area (Å²) in [6.45, 7) is -1.86. The Bertz CT molecular complexity index is 797. The van der Waals surface area contributed by atoms with E-state index >= 15 is 0 Å². The molecule has 3 rings (SSSR count). The molecular weight excluding hydrogens is 333 g/mol. The first kappa shape index (κ1) is 14.9. The molecule has 12 nitrogen and oxygen atoms in total. The van der Waals surface area contributed by atoms with Crippen molar-refractivity contribution < 1.29 is 35.2 Å². The van der Waals surface area contributed by atoms with E-state index in [0.717, 1.165) is 6.33 Å². The van der Waals surface area contributed by atoms with Gasteiger partial charge in [-0.3, -0.25) is 9.09 Å². The molecule has 1 aliphatic heterocycles. The number of ether oxygens (including phenoxy) is 1.